The van der Waals surface area contributed by atoms with Crippen molar-refractivity contribution in [1.29, 1.82) is 0 Å². The van der Waals surface area contributed by atoms with Gasteiger partial charge in [0.15, 0.2) is 0 Å². The third-order valence-electron chi connectivity index (χ3n) is 5.80. The standard InChI is InChI=1S/C21H30N2O4/c1-27-18-8-4-3-7-16(18)13-23-14-17(9-10-19(23)24)20(25)22-15-21(26)11-5-2-6-12-21/h3-4,7-8,17,26H,2,5-6,9-15H2,1H3,(H,22,25)/t17-/m0/s1. The van der Waals surface area contributed by atoms with Gasteiger partial charge in [0.1, 0.15) is 5.75 Å². The van der Waals surface area contributed by atoms with Gasteiger partial charge in [0.2, 0.25) is 11.8 Å². The number of hydrogen-bond acceptors (Lipinski definition) is 4. The molecule has 1 aliphatic heterocycles. The summed E-state index contributed by atoms with van der Waals surface area (Å²) in [6.45, 7) is 1.15. The maximum atomic E-state index is 12.6. The zero-order valence-corrected chi connectivity index (χ0v) is 16.1. The van der Waals surface area contributed by atoms with Crippen LogP contribution in [0.25, 0.3) is 0 Å². The van der Waals surface area contributed by atoms with E-state index >= 15 is 0 Å². The van der Waals surface area contributed by atoms with Crippen LogP contribution in [0.15, 0.2) is 24.3 Å². The molecule has 0 aromatic heterocycles. The molecule has 3 rings (SSSR count). The average Bonchev–Trinajstić information content (AvgIpc) is 2.69. The summed E-state index contributed by atoms with van der Waals surface area (Å²) < 4.78 is 5.37. The Bertz CT molecular complexity index is 670. The van der Waals surface area contributed by atoms with E-state index in [1.165, 1.54) is 0 Å². The number of rotatable bonds is 6. The Morgan fingerprint density at radius 3 is 2.78 bits per heavy atom. The number of likely N-dealkylation sites (tertiary alicyclic amines) is 1. The molecule has 1 atom stereocenters. The van der Waals surface area contributed by atoms with Gasteiger partial charge in [-0.3, -0.25) is 9.59 Å². The van der Waals surface area contributed by atoms with Crippen molar-refractivity contribution in [3.05, 3.63) is 29.8 Å². The van der Waals surface area contributed by atoms with E-state index in [1.807, 2.05) is 24.3 Å². The van der Waals surface area contributed by atoms with Gasteiger partial charge in [-0.25, -0.2) is 0 Å². The number of carbonyl (C=O) groups is 2. The normalized spacial score (nSPS) is 22.4. The summed E-state index contributed by atoms with van der Waals surface area (Å²) in [6, 6.07) is 7.63. The molecule has 1 aliphatic carbocycles. The molecule has 1 aromatic rings. The molecular weight excluding hydrogens is 344 g/mol. The maximum absolute atomic E-state index is 12.6. The van der Waals surface area contributed by atoms with Crippen molar-refractivity contribution in [3.63, 3.8) is 0 Å². The highest BCUT2D eigenvalue weighted by Gasteiger charge is 2.33. The van der Waals surface area contributed by atoms with Gasteiger partial charge in [0.25, 0.3) is 0 Å². The Morgan fingerprint density at radius 1 is 1.30 bits per heavy atom. The highest BCUT2D eigenvalue weighted by molar-refractivity contribution is 5.83. The lowest BCUT2D eigenvalue weighted by Crippen LogP contribution is -2.49. The third-order valence-corrected chi connectivity index (χ3v) is 5.80. The minimum Gasteiger partial charge on any atom is -0.496 e. The zero-order valence-electron chi connectivity index (χ0n) is 16.1. The van der Waals surface area contributed by atoms with Crippen molar-refractivity contribution in [2.45, 2.75) is 57.1 Å². The summed E-state index contributed by atoms with van der Waals surface area (Å²) in [4.78, 5) is 26.7. The van der Waals surface area contributed by atoms with Gasteiger partial charge in [-0.1, -0.05) is 37.5 Å². The van der Waals surface area contributed by atoms with Gasteiger partial charge in [-0.2, -0.15) is 0 Å². The minimum atomic E-state index is -0.768. The Hall–Kier alpha value is -2.08. The number of para-hydroxylation sites is 1. The van der Waals surface area contributed by atoms with E-state index in [2.05, 4.69) is 5.32 Å². The van der Waals surface area contributed by atoms with Gasteiger partial charge in [-0.15, -0.1) is 0 Å². The lowest BCUT2D eigenvalue weighted by molar-refractivity contribution is -0.139. The van der Waals surface area contributed by atoms with Gasteiger partial charge >= 0.3 is 0 Å². The monoisotopic (exact) mass is 374 g/mol. The summed E-state index contributed by atoms with van der Waals surface area (Å²) >= 11 is 0. The van der Waals surface area contributed by atoms with Crippen LogP contribution in [0.2, 0.25) is 0 Å². The molecule has 2 aliphatic rings. The van der Waals surface area contributed by atoms with Gasteiger partial charge in [0.05, 0.1) is 18.6 Å². The molecule has 1 aromatic carbocycles. The van der Waals surface area contributed by atoms with Crippen molar-refractivity contribution in [2.75, 3.05) is 20.2 Å². The number of aliphatic hydroxyl groups is 1. The predicted octanol–water partition coefficient (Wildman–Crippen LogP) is 2.25. The van der Waals surface area contributed by atoms with Crippen LogP contribution in [-0.4, -0.2) is 47.6 Å². The van der Waals surface area contributed by atoms with Crippen LogP contribution in [0.3, 0.4) is 0 Å². The minimum absolute atomic E-state index is 0.0634. The molecular formula is C21H30N2O4. The molecule has 1 saturated heterocycles. The first kappa shape index (κ1) is 19.7. The number of amides is 2. The van der Waals surface area contributed by atoms with E-state index in [1.54, 1.807) is 12.0 Å². The number of carbonyl (C=O) groups excluding carboxylic acids is 2. The zero-order chi connectivity index (χ0) is 19.3. The molecule has 6 nitrogen and oxygen atoms in total. The molecule has 0 unspecified atom stereocenters. The lowest BCUT2D eigenvalue weighted by atomic mass is 9.84. The van der Waals surface area contributed by atoms with Crippen molar-refractivity contribution >= 4 is 11.8 Å². The number of piperidine rings is 1. The predicted molar refractivity (Wildman–Crippen MR) is 102 cm³/mol. The summed E-state index contributed by atoms with van der Waals surface area (Å²) in [7, 11) is 1.61. The van der Waals surface area contributed by atoms with E-state index < -0.39 is 5.60 Å². The first-order valence-corrected chi connectivity index (χ1v) is 9.90. The number of methoxy groups -OCH3 is 1. The van der Waals surface area contributed by atoms with Crippen LogP contribution in [-0.2, 0) is 16.1 Å². The second-order valence-corrected chi connectivity index (χ2v) is 7.82. The number of hydrogen-bond donors (Lipinski definition) is 2. The van der Waals surface area contributed by atoms with Crippen molar-refractivity contribution in [3.8, 4) is 5.75 Å². The maximum Gasteiger partial charge on any atom is 0.225 e. The second-order valence-electron chi connectivity index (χ2n) is 7.82. The Morgan fingerprint density at radius 2 is 2.04 bits per heavy atom. The summed E-state index contributed by atoms with van der Waals surface area (Å²) in [5.74, 6) is 0.517. The second kappa shape index (κ2) is 8.74. The summed E-state index contributed by atoms with van der Waals surface area (Å²) in [5, 5.41) is 13.5. The molecule has 0 bridgehead atoms. The summed E-state index contributed by atoms with van der Waals surface area (Å²) in [6.07, 6.45) is 5.60. The van der Waals surface area contributed by atoms with E-state index in [-0.39, 0.29) is 17.7 Å². The lowest BCUT2D eigenvalue weighted by Gasteiger charge is -2.35. The Kier molecular flexibility index (Phi) is 6.37. The van der Waals surface area contributed by atoms with Crippen LogP contribution < -0.4 is 10.1 Å². The van der Waals surface area contributed by atoms with Gasteiger partial charge < -0.3 is 20.1 Å². The topological polar surface area (TPSA) is 78.9 Å². The Balaban J connectivity index is 1.57. The highest BCUT2D eigenvalue weighted by Crippen LogP contribution is 2.28. The van der Waals surface area contributed by atoms with E-state index in [9.17, 15) is 14.7 Å². The molecule has 148 valence electrons. The molecule has 2 fully saturated rings. The van der Waals surface area contributed by atoms with Crippen molar-refractivity contribution in [1.82, 2.24) is 10.2 Å². The number of nitrogens with one attached hydrogen (secondary N) is 1. The number of ether oxygens (including phenoxy) is 1. The van der Waals surface area contributed by atoms with Crippen LogP contribution in [0.1, 0.15) is 50.5 Å². The van der Waals surface area contributed by atoms with Crippen molar-refractivity contribution < 1.29 is 19.4 Å². The van der Waals surface area contributed by atoms with Gasteiger partial charge in [0, 0.05) is 31.6 Å². The first-order chi connectivity index (χ1) is 13.0. The third kappa shape index (κ3) is 5.01. The van der Waals surface area contributed by atoms with Crippen LogP contribution in [0, 0.1) is 5.92 Å². The fourth-order valence-electron chi connectivity index (χ4n) is 4.10. The molecule has 6 heteroatoms. The average molecular weight is 374 g/mol. The van der Waals surface area contributed by atoms with E-state index in [0.717, 1.165) is 43.4 Å². The fourth-order valence-corrected chi connectivity index (χ4v) is 4.10. The van der Waals surface area contributed by atoms with Crippen LogP contribution in [0.4, 0.5) is 0 Å². The number of benzene rings is 1. The fraction of sp³-hybridized carbons (Fsp3) is 0.619. The SMILES string of the molecule is COc1ccccc1CN1C[C@@H](C(=O)NCC2(O)CCCCC2)CCC1=O. The Labute approximate surface area is 160 Å². The highest BCUT2D eigenvalue weighted by atomic mass is 16.5. The molecule has 0 spiro atoms. The quantitative estimate of drug-likeness (QED) is 0.800. The largest absolute Gasteiger partial charge is 0.496 e. The van der Waals surface area contributed by atoms with Crippen LogP contribution in [0.5, 0.6) is 5.75 Å². The molecule has 2 N–H and O–H groups in total. The molecule has 1 saturated carbocycles. The molecule has 1 heterocycles. The molecule has 27 heavy (non-hydrogen) atoms. The van der Waals surface area contributed by atoms with Gasteiger partial charge in [-0.05, 0) is 25.3 Å². The van der Waals surface area contributed by atoms with E-state index in [4.69, 9.17) is 4.74 Å². The smallest absolute Gasteiger partial charge is 0.225 e. The molecule has 0 radical (unpaired) electrons. The first-order valence-electron chi connectivity index (χ1n) is 9.90. The van der Waals surface area contributed by atoms with Crippen molar-refractivity contribution in [2.24, 2.45) is 5.92 Å². The van der Waals surface area contributed by atoms with E-state index in [0.29, 0.717) is 32.5 Å². The van der Waals surface area contributed by atoms with Crippen LogP contribution >= 0.6 is 0 Å². The summed E-state index contributed by atoms with van der Waals surface area (Å²) in [5.41, 5.74) is 0.168. The number of nitrogens with zero attached hydrogens (tertiary/aromatic N) is 1. The molecule has 2 amide bonds.